The van der Waals surface area contributed by atoms with Gasteiger partial charge in [0.15, 0.2) is 0 Å². The van der Waals surface area contributed by atoms with E-state index in [1.165, 1.54) is 17.3 Å². The Morgan fingerprint density at radius 3 is 2.52 bits per heavy atom. The number of hydrazine groups is 1. The summed E-state index contributed by atoms with van der Waals surface area (Å²) in [6.07, 6.45) is 8.21. The van der Waals surface area contributed by atoms with Gasteiger partial charge in [0.25, 0.3) is 0 Å². The van der Waals surface area contributed by atoms with Crippen molar-refractivity contribution in [2.45, 2.75) is 38.4 Å². The number of likely N-dealkylation sites (N-methyl/N-ethyl adjacent to an activating group) is 1. The van der Waals surface area contributed by atoms with Crippen LogP contribution in [0.1, 0.15) is 42.5 Å². The van der Waals surface area contributed by atoms with E-state index in [0.717, 1.165) is 43.1 Å². The molecule has 3 rings (SSSR count). The molecule has 0 aliphatic carbocycles. The summed E-state index contributed by atoms with van der Waals surface area (Å²) in [6, 6.07) is 17.0. The van der Waals surface area contributed by atoms with E-state index in [4.69, 9.17) is 17.0 Å². The molecule has 1 aliphatic rings. The van der Waals surface area contributed by atoms with Crippen LogP contribution < -0.4 is 5.43 Å². The molecule has 0 aromatic heterocycles. The second-order valence-corrected chi connectivity index (χ2v) is 8.17. The third kappa shape index (κ3) is 6.25. The molecule has 154 valence electrons. The number of halogens is 1. The van der Waals surface area contributed by atoms with Crippen LogP contribution >= 0.6 is 11.6 Å². The number of nitrogens with one attached hydrogen (secondary N) is 2. The average Bonchev–Trinajstić information content (AvgIpc) is 2.79. The molecule has 2 aromatic carbocycles. The lowest BCUT2D eigenvalue weighted by Crippen LogP contribution is -2.48. The number of hydrogen-bond donors (Lipinski definition) is 2. The van der Waals surface area contributed by atoms with Gasteiger partial charge in [-0.25, -0.2) is 5.01 Å². The molecule has 0 saturated carbocycles. The summed E-state index contributed by atoms with van der Waals surface area (Å²) in [6.45, 7) is 5.04. The summed E-state index contributed by atoms with van der Waals surface area (Å²) in [5, 5.41) is 10.4. The van der Waals surface area contributed by atoms with Crippen LogP contribution in [0.4, 0.5) is 0 Å². The van der Waals surface area contributed by atoms with Gasteiger partial charge in [0.1, 0.15) is 0 Å². The molecular formula is C24H31ClN4. The first-order valence-corrected chi connectivity index (χ1v) is 10.7. The summed E-state index contributed by atoms with van der Waals surface area (Å²) in [7, 11) is 2.12. The Labute approximate surface area is 179 Å². The Morgan fingerprint density at radius 1 is 1.14 bits per heavy atom. The van der Waals surface area contributed by atoms with Gasteiger partial charge >= 0.3 is 0 Å². The summed E-state index contributed by atoms with van der Waals surface area (Å²) >= 11 is 6.08. The fraction of sp³-hybridized carbons (Fsp3) is 0.375. The topological polar surface area (TPSA) is 42.4 Å². The van der Waals surface area contributed by atoms with Gasteiger partial charge in [0, 0.05) is 44.0 Å². The highest BCUT2D eigenvalue weighted by Gasteiger charge is 2.21. The molecule has 2 unspecified atom stereocenters. The molecule has 5 heteroatoms. The predicted octanol–water partition coefficient (Wildman–Crippen LogP) is 5.06. The van der Waals surface area contributed by atoms with Gasteiger partial charge in [-0.05, 0) is 35.2 Å². The average molecular weight is 411 g/mol. The summed E-state index contributed by atoms with van der Waals surface area (Å²) in [5.74, 6) is 0. The molecule has 0 spiro atoms. The van der Waals surface area contributed by atoms with E-state index in [1.54, 1.807) is 0 Å². The van der Waals surface area contributed by atoms with E-state index in [-0.39, 0.29) is 6.04 Å². The van der Waals surface area contributed by atoms with Gasteiger partial charge in [0.05, 0.1) is 6.04 Å². The fourth-order valence-corrected chi connectivity index (χ4v) is 3.99. The van der Waals surface area contributed by atoms with Crippen LogP contribution in [-0.2, 0) is 6.54 Å². The summed E-state index contributed by atoms with van der Waals surface area (Å²) in [4.78, 5) is 2.49. The molecule has 1 aliphatic heterocycles. The molecule has 0 radical (unpaired) electrons. The van der Waals surface area contributed by atoms with Crippen molar-refractivity contribution < 1.29 is 0 Å². The first-order valence-electron chi connectivity index (χ1n) is 10.3. The van der Waals surface area contributed by atoms with Crippen molar-refractivity contribution in [3.63, 3.8) is 0 Å². The molecule has 0 amide bonds. The van der Waals surface area contributed by atoms with Crippen molar-refractivity contribution in [3.05, 3.63) is 82.4 Å². The lowest BCUT2D eigenvalue weighted by atomic mass is 10.1. The minimum Gasteiger partial charge on any atom is -0.308 e. The lowest BCUT2D eigenvalue weighted by Gasteiger charge is -2.32. The van der Waals surface area contributed by atoms with Gasteiger partial charge in [-0.2, -0.15) is 0 Å². The van der Waals surface area contributed by atoms with Crippen molar-refractivity contribution >= 4 is 17.8 Å². The van der Waals surface area contributed by atoms with Crippen molar-refractivity contribution in [2.24, 2.45) is 0 Å². The van der Waals surface area contributed by atoms with E-state index in [1.807, 2.05) is 24.3 Å². The fourth-order valence-electron chi connectivity index (χ4n) is 3.87. The normalized spacial score (nSPS) is 22.4. The van der Waals surface area contributed by atoms with Gasteiger partial charge in [-0.3, -0.25) is 10.3 Å². The van der Waals surface area contributed by atoms with Crippen molar-refractivity contribution in [1.29, 1.82) is 5.41 Å². The number of hydrogen-bond acceptors (Lipinski definition) is 4. The van der Waals surface area contributed by atoms with Gasteiger partial charge < -0.3 is 5.41 Å². The second kappa shape index (κ2) is 10.7. The van der Waals surface area contributed by atoms with E-state index in [2.05, 4.69) is 65.7 Å². The zero-order valence-electron chi connectivity index (χ0n) is 17.3. The largest absolute Gasteiger partial charge is 0.308 e. The van der Waals surface area contributed by atoms with Crippen molar-refractivity contribution in [2.75, 3.05) is 20.1 Å². The third-order valence-corrected chi connectivity index (χ3v) is 5.62. The number of nitrogens with zero attached hydrogens (tertiary/aromatic N) is 2. The molecule has 29 heavy (non-hydrogen) atoms. The Hall–Kier alpha value is -1.98. The number of benzene rings is 2. The zero-order valence-corrected chi connectivity index (χ0v) is 18.1. The monoisotopic (exact) mass is 410 g/mol. The highest BCUT2D eigenvalue weighted by molar-refractivity contribution is 6.30. The Balaban J connectivity index is 1.78. The molecule has 2 N–H and O–H groups in total. The second-order valence-electron chi connectivity index (χ2n) is 7.73. The van der Waals surface area contributed by atoms with Crippen molar-refractivity contribution in [3.8, 4) is 0 Å². The van der Waals surface area contributed by atoms with Crippen LogP contribution in [0, 0.1) is 5.41 Å². The van der Waals surface area contributed by atoms with E-state index < -0.39 is 0 Å². The standard InChI is InChI=1S/C24H31ClN4/c1-3-5-23-18-29(17-20-9-7-19(16-26)8-10-20)15-4-6-24(28(2)27-23)21-11-13-22(25)14-12-21/h4,6-14,16,23-24,26-27H,3,5,15,17-18H2,1-2H3/b6-4+,26-16?. The maximum absolute atomic E-state index is 7.37. The first kappa shape index (κ1) is 21.7. The Kier molecular flexibility index (Phi) is 8.01. The Morgan fingerprint density at radius 2 is 1.86 bits per heavy atom. The minimum absolute atomic E-state index is 0.165. The molecule has 2 atom stereocenters. The van der Waals surface area contributed by atoms with Crippen LogP contribution in [0.15, 0.2) is 60.7 Å². The quantitative estimate of drug-likeness (QED) is 0.517. The highest BCUT2D eigenvalue weighted by atomic mass is 35.5. The molecular weight excluding hydrogens is 380 g/mol. The van der Waals surface area contributed by atoms with Crippen LogP contribution in [0.3, 0.4) is 0 Å². The predicted molar refractivity (Wildman–Crippen MR) is 123 cm³/mol. The third-order valence-electron chi connectivity index (χ3n) is 5.37. The SMILES string of the molecule is CCCC1CN(Cc2ccc(C=N)cc2)C/C=C/C(c2ccc(Cl)cc2)N(C)N1. The zero-order chi connectivity index (χ0) is 20.6. The van der Waals surface area contributed by atoms with Crippen LogP contribution in [0.25, 0.3) is 0 Å². The van der Waals surface area contributed by atoms with E-state index in [0.29, 0.717) is 6.04 Å². The molecule has 1 heterocycles. The highest BCUT2D eigenvalue weighted by Crippen LogP contribution is 2.23. The molecule has 2 aromatic rings. The van der Waals surface area contributed by atoms with Gasteiger partial charge in [0.2, 0.25) is 0 Å². The van der Waals surface area contributed by atoms with Crippen LogP contribution in [0.5, 0.6) is 0 Å². The van der Waals surface area contributed by atoms with Crippen LogP contribution in [-0.4, -0.2) is 42.3 Å². The first-order chi connectivity index (χ1) is 14.1. The molecule has 4 nitrogen and oxygen atoms in total. The molecule has 0 bridgehead atoms. The molecule has 0 saturated heterocycles. The summed E-state index contributed by atoms with van der Waals surface area (Å²) in [5.41, 5.74) is 7.18. The smallest absolute Gasteiger partial charge is 0.0671 e. The lowest BCUT2D eigenvalue weighted by molar-refractivity contribution is 0.134. The van der Waals surface area contributed by atoms with E-state index in [9.17, 15) is 0 Å². The molecule has 0 fully saturated rings. The van der Waals surface area contributed by atoms with E-state index >= 15 is 0 Å². The van der Waals surface area contributed by atoms with Gasteiger partial charge in [-0.15, -0.1) is 0 Å². The summed E-state index contributed by atoms with van der Waals surface area (Å²) < 4.78 is 0. The minimum atomic E-state index is 0.165. The Bertz CT molecular complexity index is 801. The number of rotatable bonds is 6. The van der Waals surface area contributed by atoms with Crippen LogP contribution in [0.2, 0.25) is 5.02 Å². The van der Waals surface area contributed by atoms with Crippen molar-refractivity contribution in [1.82, 2.24) is 15.3 Å². The maximum Gasteiger partial charge on any atom is 0.0671 e. The van der Waals surface area contributed by atoms with Gasteiger partial charge in [-0.1, -0.05) is 73.5 Å². The maximum atomic E-state index is 7.37.